The Morgan fingerprint density at radius 1 is 1.17 bits per heavy atom. The van der Waals surface area contributed by atoms with Gasteiger partial charge in [-0.15, -0.1) is 12.4 Å². The first-order valence-corrected chi connectivity index (χ1v) is 7.48. The Balaban J connectivity index is 0.00000192. The van der Waals surface area contributed by atoms with Gasteiger partial charge in [-0.3, -0.25) is 4.79 Å². The van der Waals surface area contributed by atoms with Crippen molar-refractivity contribution in [1.82, 2.24) is 5.32 Å². The number of aryl methyl sites for hydroxylation is 2. The molecule has 0 saturated carbocycles. The second-order valence-electron chi connectivity index (χ2n) is 5.62. The van der Waals surface area contributed by atoms with Crippen LogP contribution in [0.25, 0.3) is 0 Å². The molecule has 23 heavy (non-hydrogen) atoms. The van der Waals surface area contributed by atoms with Crippen molar-refractivity contribution in [3.63, 3.8) is 0 Å². The van der Waals surface area contributed by atoms with E-state index in [-0.39, 0.29) is 18.3 Å². The maximum atomic E-state index is 12.4. The van der Waals surface area contributed by atoms with Gasteiger partial charge in [-0.1, -0.05) is 17.7 Å². The molecule has 1 heterocycles. The van der Waals surface area contributed by atoms with Crippen molar-refractivity contribution in [2.24, 2.45) is 0 Å². The van der Waals surface area contributed by atoms with Crippen LogP contribution in [0.15, 0.2) is 36.4 Å². The summed E-state index contributed by atoms with van der Waals surface area (Å²) in [6.07, 6.45) is 0. The molecular formula is C18H21ClN2O2. The summed E-state index contributed by atoms with van der Waals surface area (Å²) in [6, 6.07) is 11.6. The number of fused-ring (bicyclic) bond motifs is 1. The monoisotopic (exact) mass is 332 g/mol. The molecule has 1 aliphatic heterocycles. The van der Waals surface area contributed by atoms with Gasteiger partial charge in [0.05, 0.1) is 0 Å². The molecule has 0 saturated heterocycles. The Bertz CT molecular complexity index is 716. The van der Waals surface area contributed by atoms with Crippen LogP contribution in [0.1, 0.15) is 27.0 Å². The maximum Gasteiger partial charge on any atom is 0.255 e. The Morgan fingerprint density at radius 2 is 2.00 bits per heavy atom. The molecular weight excluding hydrogens is 312 g/mol. The molecule has 2 aromatic carbocycles. The topological polar surface area (TPSA) is 50.4 Å². The molecule has 0 radical (unpaired) electrons. The number of carbonyl (C=O) groups excluding carboxylic acids is 1. The number of amides is 1. The highest BCUT2D eigenvalue weighted by Crippen LogP contribution is 2.24. The lowest BCUT2D eigenvalue weighted by atomic mass is 10.0. The highest BCUT2D eigenvalue weighted by molar-refractivity contribution is 6.05. The average molecular weight is 333 g/mol. The van der Waals surface area contributed by atoms with Crippen LogP contribution >= 0.6 is 12.4 Å². The zero-order chi connectivity index (χ0) is 15.5. The highest BCUT2D eigenvalue weighted by Gasteiger charge is 2.12. The number of hydrogen-bond donors (Lipinski definition) is 2. The SMILES string of the molecule is Cc1ccc(C(=O)Nc2ccc3c(c2)CNCCO3)c(C)c1.Cl. The fourth-order valence-electron chi connectivity index (χ4n) is 2.66. The minimum atomic E-state index is -0.0834. The lowest BCUT2D eigenvalue weighted by Gasteiger charge is -2.11. The fourth-order valence-corrected chi connectivity index (χ4v) is 2.66. The summed E-state index contributed by atoms with van der Waals surface area (Å²) in [7, 11) is 0. The van der Waals surface area contributed by atoms with Crippen LogP contribution in [0, 0.1) is 13.8 Å². The Morgan fingerprint density at radius 3 is 2.78 bits per heavy atom. The smallest absolute Gasteiger partial charge is 0.255 e. The molecule has 0 aliphatic carbocycles. The quantitative estimate of drug-likeness (QED) is 0.885. The molecule has 122 valence electrons. The second-order valence-corrected chi connectivity index (χ2v) is 5.62. The minimum Gasteiger partial charge on any atom is -0.492 e. The number of ether oxygens (including phenoxy) is 1. The summed E-state index contributed by atoms with van der Waals surface area (Å²) in [5, 5.41) is 6.26. The van der Waals surface area contributed by atoms with Gasteiger partial charge >= 0.3 is 0 Å². The van der Waals surface area contributed by atoms with Crippen LogP contribution in [0.4, 0.5) is 5.69 Å². The van der Waals surface area contributed by atoms with Gasteiger partial charge in [0.2, 0.25) is 0 Å². The van der Waals surface area contributed by atoms with Crippen LogP contribution in [0.2, 0.25) is 0 Å². The van der Waals surface area contributed by atoms with E-state index < -0.39 is 0 Å². The summed E-state index contributed by atoms with van der Waals surface area (Å²) in [5.41, 5.74) is 4.70. The van der Waals surface area contributed by atoms with Crippen molar-refractivity contribution < 1.29 is 9.53 Å². The minimum absolute atomic E-state index is 0. The summed E-state index contributed by atoms with van der Waals surface area (Å²) in [6.45, 7) is 6.23. The van der Waals surface area contributed by atoms with Crippen molar-refractivity contribution in [2.45, 2.75) is 20.4 Å². The normalized spacial score (nSPS) is 13.1. The third-order valence-corrected chi connectivity index (χ3v) is 3.80. The molecule has 0 spiro atoms. The maximum absolute atomic E-state index is 12.4. The van der Waals surface area contributed by atoms with Gasteiger partial charge in [0.25, 0.3) is 5.91 Å². The molecule has 0 aromatic heterocycles. The van der Waals surface area contributed by atoms with Crippen molar-refractivity contribution in [3.05, 3.63) is 58.7 Å². The van der Waals surface area contributed by atoms with E-state index in [0.717, 1.165) is 41.2 Å². The number of nitrogens with one attached hydrogen (secondary N) is 2. The number of rotatable bonds is 2. The van der Waals surface area contributed by atoms with Gasteiger partial charge in [-0.25, -0.2) is 0 Å². The van der Waals surface area contributed by atoms with Crippen LogP contribution in [0.5, 0.6) is 5.75 Å². The fraction of sp³-hybridized carbons (Fsp3) is 0.278. The van der Waals surface area contributed by atoms with Gasteiger partial charge in [-0.2, -0.15) is 0 Å². The third kappa shape index (κ3) is 4.03. The predicted molar refractivity (Wildman–Crippen MR) is 94.8 cm³/mol. The van der Waals surface area contributed by atoms with E-state index in [2.05, 4.69) is 10.6 Å². The van der Waals surface area contributed by atoms with E-state index in [1.54, 1.807) is 0 Å². The first-order chi connectivity index (χ1) is 10.6. The Labute approximate surface area is 142 Å². The lowest BCUT2D eigenvalue weighted by molar-refractivity contribution is 0.102. The standard InChI is InChI=1S/C18H20N2O2.ClH/c1-12-3-5-16(13(2)9-12)18(21)20-15-4-6-17-14(10-15)11-19-7-8-22-17;/h3-6,9-10,19H,7-8,11H2,1-2H3,(H,20,21);1H. The number of anilines is 1. The number of carbonyl (C=O) groups is 1. The summed E-state index contributed by atoms with van der Waals surface area (Å²) in [5.74, 6) is 0.800. The van der Waals surface area contributed by atoms with E-state index in [4.69, 9.17) is 4.74 Å². The van der Waals surface area contributed by atoms with Gasteiger partial charge in [0, 0.05) is 29.9 Å². The summed E-state index contributed by atoms with van der Waals surface area (Å²) in [4.78, 5) is 12.4. The van der Waals surface area contributed by atoms with E-state index in [9.17, 15) is 4.79 Å². The van der Waals surface area contributed by atoms with E-state index in [1.807, 2.05) is 50.2 Å². The predicted octanol–water partition coefficient (Wildman–Crippen LogP) is 3.46. The van der Waals surface area contributed by atoms with E-state index in [1.165, 1.54) is 0 Å². The van der Waals surface area contributed by atoms with Crippen molar-refractivity contribution in [3.8, 4) is 5.75 Å². The van der Waals surface area contributed by atoms with Crippen molar-refractivity contribution in [1.29, 1.82) is 0 Å². The number of benzene rings is 2. The van der Waals surface area contributed by atoms with Gasteiger partial charge in [0.1, 0.15) is 12.4 Å². The average Bonchev–Trinajstić information content (AvgIpc) is 2.71. The molecule has 2 aromatic rings. The molecule has 0 fully saturated rings. The largest absolute Gasteiger partial charge is 0.492 e. The zero-order valence-corrected chi connectivity index (χ0v) is 14.1. The molecule has 0 atom stereocenters. The van der Waals surface area contributed by atoms with Crippen LogP contribution < -0.4 is 15.4 Å². The molecule has 3 rings (SSSR count). The highest BCUT2D eigenvalue weighted by atomic mass is 35.5. The zero-order valence-electron chi connectivity index (χ0n) is 13.3. The van der Waals surface area contributed by atoms with Gasteiger partial charge in [0.15, 0.2) is 0 Å². The molecule has 2 N–H and O–H groups in total. The van der Waals surface area contributed by atoms with Gasteiger partial charge < -0.3 is 15.4 Å². The lowest BCUT2D eigenvalue weighted by Crippen LogP contribution is -2.16. The Kier molecular flexibility index (Phi) is 5.64. The summed E-state index contributed by atoms with van der Waals surface area (Å²) >= 11 is 0. The van der Waals surface area contributed by atoms with Crippen molar-refractivity contribution in [2.75, 3.05) is 18.5 Å². The third-order valence-electron chi connectivity index (χ3n) is 3.80. The van der Waals surface area contributed by atoms with Crippen LogP contribution in [-0.2, 0) is 6.54 Å². The Hall–Kier alpha value is -2.04. The van der Waals surface area contributed by atoms with Crippen LogP contribution in [0.3, 0.4) is 0 Å². The molecule has 0 bridgehead atoms. The molecule has 1 aliphatic rings. The first kappa shape index (κ1) is 17.3. The van der Waals surface area contributed by atoms with Gasteiger partial charge in [-0.05, 0) is 43.7 Å². The van der Waals surface area contributed by atoms with Crippen molar-refractivity contribution >= 4 is 24.0 Å². The van der Waals surface area contributed by atoms with E-state index >= 15 is 0 Å². The first-order valence-electron chi connectivity index (χ1n) is 7.48. The second kappa shape index (κ2) is 7.49. The van der Waals surface area contributed by atoms with E-state index in [0.29, 0.717) is 12.2 Å². The molecule has 4 nitrogen and oxygen atoms in total. The number of halogens is 1. The molecule has 0 unspecified atom stereocenters. The number of hydrogen-bond acceptors (Lipinski definition) is 3. The summed E-state index contributed by atoms with van der Waals surface area (Å²) < 4.78 is 5.65. The molecule has 5 heteroatoms. The van der Waals surface area contributed by atoms with Crippen LogP contribution in [-0.4, -0.2) is 19.1 Å². The molecule has 1 amide bonds.